The van der Waals surface area contributed by atoms with Crippen LogP contribution in [-0.2, 0) is 5.41 Å². The summed E-state index contributed by atoms with van der Waals surface area (Å²) in [5.74, 6) is 5.76. The molecule has 0 spiro atoms. The van der Waals surface area contributed by atoms with Crippen LogP contribution in [0.5, 0.6) is 46.0 Å². The molecule has 0 atom stereocenters. The fourth-order valence-electron chi connectivity index (χ4n) is 15.0. The normalized spacial score (nSPS) is 12.7. The van der Waals surface area contributed by atoms with Crippen molar-refractivity contribution >= 4 is 77.9 Å². The Balaban J connectivity index is 0.000000140. The molecule has 8 heteroatoms. The van der Waals surface area contributed by atoms with Gasteiger partial charge in [-0.3, -0.25) is 0 Å². The summed E-state index contributed by atoms with van der Waals surface area (Å²) in [5.41, 5.74) is 23.6. The van der Waals surface area contributed by atoms with Gasteiger partial charge in [-0.1, -0.05) is 202 Å². The number of ether oxygens (including phenoxy) is 4. The van der Waals surface area contributed by atoms with Gasteiger partial charge in [0.05, 0.1) is 11.0 Å². The van der Waals surface area contributed by atoms with E-state index < -0.39 is 0 Å². The van der Waals surface area contributed by atoms with Gasteiger partial charge in [-0.15, -0.1) is 0 Å². The highest BCUT2D eigenvalue weighted by Gasteiger charge is 2.36. The fraction of sp³-hybridized carbons (Fsp3) is 0.0323. The van der Waals surface area contributed by atoms with Crippen LogP contribution in [0.1, 0.15) is 25.0 Å². The van der Waals surface area contributed by atoms with Crippen LogP contribution in [0.15, 0.2) is 350 Å². The molecule has 0 unspecified atom stereocenters. The van der Waals surface area contributed by atoms with Crippen molar-refractivity contribution < 1.29 is 23.4 Å². The highest BCUT2D eigenvalue weighted by Crippen LogP contribution is 2.53. The van der Waals surface area contributed by atoms with Crippen molar-refractivity contribution in [3.05, 3.63) is 357 Å². The van der Waals surface area contributed by atoms with E-state index in [1.807, 2.05) is 78.9 Å². The van der Waals surface area contributed by atoms with Crippen molar-refractivity contribution in [2.24, 2.45) is 0 Å². The molecule has 0 fully saturated rings. The fourth-order valence-corrected chi connectivity index (χ4v) is 15.0. The first-order valence-corrected chi connectivity index (χ1v) is 34.2. The van der Waals surface area contributed by atoms with E-state index >= 15 is 0 Å². The van der Waals surface area contributed by atoms with Gasteiger partial charge < -0.3 is 37.7 Å². The van der Waals surface area contributed by atoms with Gasteiger partial charge in [-0.25, -0.2) is 0 Å². The molecular weight excluding hydrogens is 1240 g/mol. The molecule has 1 aliphatic carbocycles. The van der Waals surface area contributed by atoms with E-state index in [-0.39, 0.29) is 5.41 Å². The lowest BCUT2D eigenvalue weighted by atomic mass is 9.82. The molecule has 4 heterocycles. The summed E-state index contributed by atoms with van der Waals surface area (Å²) in [5, 5.41) is 4.66. The van der Waals surface area contributed by atoms with E-state index in [4.69, 9.17) is 23.4 Å². The number of hydrogen-bond acceptors (Lipinski definition) is 7. The molecular formula is C93H63N3O5. The van der Waals surface area contributed by atoms with Crippen molar-refractivity contribution in [3.63, 3.8) is 0 Å². The van der Waals surface area contributed by atoms with Gasteiger partial charge in [-0.05, 0) is 207 Å². The van der Waals surface area contributed by atoms with E-state index in [0.29, 0.717) is 23.0 Å². The first kappa shape index (κ1) is 59.0. The molecule has 3 aliphatic rings. The summed E-state index contributed by atoms with van der Waals surface area (Å²) in [6, 6.07) is 121. The standard InChI is InChI=1S/C48H32N2O2.C45H31NO3/c1-3-11-33(12-4-1)34-19-24-38(25-20-34)49(40-28-29-44-42(32-40)41-15-7-8-16-43(41)50(44)37-13-5-2-6-14-37)39-26-21-35(22-27-39)36-23-30-47-48(31-36)52-46-18-10-9-17-45(46)51-47;1-45(2)37-11-5-3-9-33(37)34-22-20-31(26-38(34)45)46(32-21-23-36-35-10-4-6-12-39(35)47-43(36)27-32)30-18-15-28(16-19-30)29-17-24-42-44(25-29)49-41-14-8-7-13-40(41)48-42/h1-32H;3-27H,1-2H3. The first-order chi connectivity index (χ1) is 49.8. The molecule has 0 amide bonds. The lowest BCUT2D eigenvalue weighted by Crippen LogP contribution is -2.16. The van der Waals surface area contributed by atoms with Crippen LogP contribution in [0.3, 0.4) is 0 Å². The second-order valence-corrected chi connectivity index (χ2v) is 26.4. The third kappa shape index (κ3) is 10.4. The number of para-hydroxylation sites is 7. The summed E-state index contributed by atoms with van der Waals surface area (Å²) in [7, 11) is 0. The molecule has 8 nitrogen and oxygen atoms in total. The molecule has 0 radical (unpaired) electrons. The quantitative estimate of drug-likeness (QED) is 0.135. The summed E-state index contributed by atoms with van der Waals surface area (Å²) in [6.45, 7) is 4.65. The highest BCUT2D eigenvalue weighted by atomic mass is 16.6. The van der Waals surface area contributed by atoms with Gasteiger partial charge >= 0.3 is 0 Å². The maximum absolute atomic E-state index is 6.36. The van der Waals surface area contributed by atoms with Crippen LogP contribution in [0.2, 0.25) is 0 Å². The molecule has 2 aromatic heterocycles. The van der Waals surface area contributed by atoms with Crippen molar-refractivity contribution in [3.8, 4) is 96.2 Å². The molecule has 480 valence electrons. The first-order valence-electron chi connectivity index (χ1n) is 34.2. The van der Waals surface area contributed by atoms with Gasteiger partial charge in [0.1, 0.15) is 11.2 Å². The maximum atomic E-state index is 6.36. The zero-order valence-corrected chi connectivity index (χ0v) is 55.3. The van der Waals surface area contributed by atoms with E-state index in [1.54, 1.807) is 0 Å². The second kappa shape index (κ2) is 24.1. The Bertz CT molecular complexity index is 6060. The SMILES string of the molecule is CC1(C)c2ccccc2-c2ccc(N(c3ccc(-c4ccc5c(c4)Oc4ccccc4O5)cc3)c3ccc4c(c3)oc3ccccc34)cc21.c1ccc(-c2ccc(N(c3ccc(-c4ccc5c(c4)Oc4ccccc4O5)cc3)c3ccc4c(c3)c3ccccc3n4-c3ccccc3)cc2)cc1. The van der Waals surface area contributed by atoms with Crippen LogP contribution in [0.4, 0.5) is 34.1 Å². The number of aromatic nitrogens is 1. The number of furan rings is 1. The van der Waals surface area contributed by atoms with Gasteiger partial charge in [0.25, 0.3) is 0 Å². The molecule has 0 N–H and O–H groups in total. The molecule has 17 aromatic rings. The minimum absolute atomic E-state index is 0.112. The van der Waals surface area contributed by atoms with Crippen molar-refractivity contribution in [2.45, 2.75) is 19.3 Å². The minimum atomic E-state index is -0.112. The van der Waals surface area contributed by atoms with E-state index in [2.05, 4.69) is 295 Å². The molecule has 0 saturated carbocycles. The van der Waals surface area contributed by atoms with Crippen LogP contribution in [-0.4, -0.2) is 4.57 Å². The van der Waals surface area contributed by atoms with Gasteiger partial charge in [0.2, 0.25) is 0 Å². The Kier molecular flexibility index (Phi) is 14.1. The smallest absolute Gasteiger partial charge is 0.170 e. The lowest BCUT2D eigenvalue weighted by molar-refractivity contribution is 0.360. The van der Waals surface area contributed by atoms with Gasteiger partial charge in [0, 0.05) is 72.8 Å². The Morgan fingerprint density at radius 3 is 1.28 bits per heavy atom. The van der Waals surface area contributed by atoms with E-state index in [9.17, 15) is 0 Å². The predicted molar refractivity (Wildman–Crippen MR) is 411 cm³/mol. The summed E-state index contributed by atoms with van der Waals surface area (Å²) in [6.07, 6.45) is 0. The predicted octanol–water partition coefficient (Wildman–Crippen LogP) is 26.4. The van der Waals surface area contributed by atoms with Gasteiger partial charge in [0.15, 0.2) is 46.0 Å². The van der Waals surface area contributed by atoms with Crippen molar-refractivity contribution in [1.29, 1.82) is 0 Å². The Labute approximate surface area is 584 Å². The third-order valence-electron chi connectivity index (χ3n) is 20.0. The topological polar surface area (TPSA) is 61.5 Å². The van der Waals surface area contributed by atoms with Crippen LogP contribution >= 0.6 is 0 Å². The average molecular weight is 1300 g/mol. The number of nitrogens with zero attached hydrogens (tertiary/aromatic N) is 3. The number of anilines is 6. The highest BCUT2D eigenvalue weighted by molar-refractivity contribution is 6.11. The van der Waals surface area contributed by atoms with Crippen LogP contribution in [0, 0.1) is 0 Å². The summed E-state index contributed by atoms with van der Waals surface area (Å²) >= 11 is 0. The maximum Gasteiger partial charge on any atom is 0.170 e. The largest absolute Gasteiger partial charge is 0.456 e. The molecule has 101 heavy (non-hydrogen) atoms. The third-order valence-corrected chi connectivity index (χ3v) is 20.0. The molecule has 0 saturated heterocycles. The Hall–Kier alpha value is -13.3. The zero-order chi connectivity index (χ0) is 67.1. The Morgan fingerprint density at radius 2 is 0.653 bits per heavy atom. The van der Waals surface area contributed by atoms with Gasteiger partial charge in [-0.2, -0.15) is 0 Å². The van der Waals surface area contributed by atoms with Crippen LogP contribution in [0.25, 0.3) is 93.9 Å². The molecule has 2 aliphatic heterocycles. The van der Waals surface area contributed by atoms with Crippen molar-refractivity contribution in [1.82, 2.24) is 4.57 Å². The van der Waals surface area contributed by atoms with E-state index in [0.717, 1.165) is 107 Å². The zero-order valence-electron chi connectivity index (χ0n) is 55.3. The molecule has 15 aromatic carbocycles. The monoisotopic (exact) mass is 1300 g/mol. The number of rotatable bonds is 10. The average Bonchev–Trinajstić information content (AvgIpc) is 1.64. The minimum Gasteiger partial charge on any atom is -0.456 e. The molecule has 20 rings (SSSR count). The number of fused-ring (bicyclic) bond motifs is 13. The van der Waals surface area contributed by atoms with E-state index in [1.165, 1.54) is 55.2 Å². The number of benzene rings is 15. The lowest BCUT2D eigenvalue weighted by Gasteiger charge is -2.28. The molecule has 0 bridgehead atoms. The second-order valence-electron chi connectivity index (χ2n) is 26.4. The van der Waals surface area contributed by atoms with Crippen molar-refractivity contribution in [2.75, 3.05) is 9.80 Å². The summed E-state index contributed by atoms with van der Waals surface area (Å²) < 4.78 is 33.3. The summed E-state index contributed by atoms with van der Waals surface area (Å²) in [4.78, 5) is 4.67. The number of hydrogen-bond donors (Lipinski definition) is 0. The van der Waals surface area contributed by atoms with Crippen LogP contribution < -0.4 is 28.7 Å². The Morgan fingerprint density at radius 1 is 0.248 bits per heavy atom.